The van der Waals surface area contributed by atoms with Crippen LogP contribution in [0.3, 0.4) is 0 Å². The van der Waals surface area contributed by atoms with Gasteiger partial charge in [-0.05, 0) is 42.3 Å². The first-order valence-electron chi connectivity index (χ1n) is 7.75. The Morgan fingerprint density at radius 1 is 1.15 bits per heavy atom. The van der Waals surface area contributed by atoms with Crippen molar-refractivity contribution in [3.8, 4) is 17.2 Å². The number of hydrogen-bond donors (Lipinski definition) is 1. The van der Waals surface area contributed by atoms with E-state index in [1.54, 1.807) is 18.2 Å². The number of rotatable bonds is 4. The highest BCUT2D eigenvalue weighted by Gasteiger charge is 2.34. The third kappa shape index (κ3) is 3.27. The number of phenolic OH excluding ortho intramolecular Hbond substituents is 1. The summed E-state index contributed by atoms with van der Waals surface area (Å²) in [7, 11) is 2.91. The molecule has 0 bridgehead atoms. The Morgan fingerprint density at radius 3 is 2.35 bits per heavy atom. The number of ether oxygens (including phenoxy) is 2. The Hall–Kier alpha value is -2.51. The third-order valence-electron chi connectivity index (χ3n) is 3.95. The molecule has 3 rings (SSSR count). The number of aryl methyl sites for hydroxylation is 1. The molecule has 26 heavy (non-hydrogen) atoms. The number of phenols is 1. The molecule has 0 aliphatic carbocycles. The van der Waals surface area contributed by atoms with Gasteiger partial charge in [0.2, 0.25) is 5.75 Å². The summed E-state index contributed by atoms with van der Waals surface area (Å²) in [6.45, 7) is 1.94. The topological polar surface area (TPSA) is 59.0 Å². The molecule has 1 heterocycles. The van der Waals surface area contributed by atoms with Crippen molar-refractivity contribution in [2.24, 2.45) is 0 Å². The van der Waals surface area contributed by atoms with E-state index in [4.69, 9.17) is 21.7 Å². The highest BCUT2D eigenvalue weighted by Crippen LogP contribution is 2.40. The van der Waals surface area contributed by atoms with Crippen LogP contribution in [0, 0.1) is 6.92 Å². The fraction of sp³-hybridized carbons (Fsp3) is 0.158. The lowest BCUT2D eigenvalue weighted by Gasteiger charge is -2.16. The number of benzene rings is 2. The van der Waals surface area contributed by atoms with Gasteiger partial charge in [0, 0.05) is 0 Å². The van der Waals surface area contributed by atoms with E-state index < -0.39 is 0 Å². The molecule has 7 heteroatoms. The maximum Gasteiger partial charge on any atom is 0.270 e. The average molecular weight is 387 g/mol. The smallest absolute Gasteiger partial charge is 0.270 e. The first-order chi connectivity index (χ1) is 12.5. The molecule has 1 amide bonds. The Bertz CT molecular complexity index is 899. The third-order valence-corrected chi connectivity index (χ3v) is 5.25. The van der Waals surface area contributed by atoms with Gasteiger partial charge in [-0.2, -0.15) is 0 Å². The van der Waals surface area contributed by atoms with E-state index in [9.17, 15) is 9.90 Å². The van der Waals surface area contributed by atoms with Crippen molar-refractivity contribution in [1.82, 2.24) is 0 Å². The van der Waals surface area contributed by atoms with Crippen molar-refractivity contribution in [1.29, 1.82) is 0 Å². The fourth-order valence-electron chi connectivity index (χ4n) is 2.64. The lowest BCUT2D eigenvalue weighted by atomic mass is 10.1. The molecule has 0 atom stereocenters. The molecule has 0 aromatic heterocycles. The number of nitrogens with zero attached hydrogens (tertiary/aromatic N) is 1. The number of methoxy groups -OCH3 is 2. The standard InChI is InChI=1S/C19H17NO4S2/c1-11-6-4-5-7-13(11)20-18(22)16(26-19(20)25)10-12-8-14(23-2)17(21)15(9-12)24-3/h4-10,21H,1-3H3/b16-10-. The van der Waals surface area contributed by atoms with Crippen molar-refractivity contribution in [2.75, 3.05) is 19.1 Å². The molecule has 0 radical (unpaired) electrons. The van der Waals surface area contributed by atoms with Gasteiger partial charge in [-0.25, -0.2) is 0 Å². The summed E-state index contributed by atoms with van der Waals surface area (Å²) in [5, 5.41) is 10.0. The molecule has 0 spiro atoms. The zero-order chi connectivity index (χ0) is 18.8. The summed E-state index contributed by atoms with van der Waals surface area (Å²) < 4.78 is 10.8. The molecule has 1 fully saturated rings. The second-order valence-electron chi connectivity index (χ2n) is 5.58. The van der Waals surface area contributed by atoms with Crippen LogP contribution < -0.4 is 14.4 Å². The van der Waals surface area contributed by atoms with Crippen LogP contribution in [0.4, 0.5) is 5.69 Å². The van der Waals surface area contributed by atoms with Crippen LogP contribution in [0.15, 0.2) is 41.3 Å². The Kier molecular flexibility index (Phi) is 5.20. The van der Waals surface area contributed by atoms with Gasteiger partial charge in [0.25, 0.3) is 5.91 Å². The number of para-hydroxylation sites is 1. The van der Waals surface area contributed by atoms with E-state index in [0.29, 0.717) is 14.8 Å². The van der Waals surface area contributed by atoms with Crippen molar-refractivity contribution >= 4 is 46.0 Å². The van der Waals surface area contributed by atoms with Crippen LogP contribution >= 0.6 is 24.0 Å². The number of thiocarbonyl (C=S) groups is 1. The Morgan fingerprint density at radius 2 is 1.77 bits per heavy atom. The highest BCUT2D eigenvalue weighted by molar-refractivity contribution is 8.27. The van der Waals surface area contributed by atoms with Crippen LogP contribution in [0.1, 0.15) is 11.1 Å². The van der Waals surface area contributed by atoms with E-state index in [0.717, 1.165) is 11.3 Å². The molecular formula is C19H17NO4S2. The molecule has 0 unspecified atom stereocenters. The number of carbonyl (C=O) groups is 1. The van der Waals surface area contributed by atoms with Gasteiger partial charge in [0.1, 0.15) is 0 Å². The number of aromatic hydroxyl groups is 1. The predicted molar refractivity (Wildman–Crippen MR) is 108 cm³/mol. The maximum absolute atomic E-state index is 12.9. The summed E-state index contributed by atoms with van der Waals surface area (Å²) in [5.74, 6) is 0.273. The molecule has 134 valence electrons. The molecule has 1 saturated heterocycles. The minimum absolute atomic E-state index is 0.0837. The van der Waals surface area contributed by atoms with Gasteiger partial charge in [-0.3, -0.25) is 9.69 Å². The SMILES string of the molecule is COc1cc(/C=C2\SC(=S)N(c3ccccc3C)C2=O)cc(OC)c1O. The van der Waals surface area contributed by atoms with E-state index in [1.165, 1.54) is 30.9 Å². The van der Waals surface area contributed by atoms with E-state index in [2.05, 4.69) is 0 Å². The molecule has 2 aromatic rings. The van der Waals surface area contributed by atoms with E-state index in [-0.39, 0.29) is 23.2 Å². The summed E-state index contributed by atoms with van der Waals surface area (Å²) in [6.07, 6.45) is 1.71. The van der Waals surface area contributed by atoms with Gasteiger partial charge < -0.3 is 14.6 Å². The van der Waals surface area contributed by atoms with E-state index in [1.807, 2.05) is 31.2 Å². The first-order valence-corrected chi connectivity index (χ1v) is 8.97. The van der Waals surface area contributed by atoms with Crippen molar-refractivity contribution in [3.63, 3.8) is 0 Å². The summed E-state index contributed by atoms with van der Waals surface area (Å²) in [5.41, 5.74) is 2.42. The summed E-state index contributed by atoms with van der Waals surface area (Å²) >= 11 is 6.64. The highest BCUT2D eigenvalue weighted by atomic mass is 32.2. The number of thioether (sulfide) groups is 1. The van der Waals surface area contributed by atoms with Gasteiger partial charge in [-0.15, -0.1) is 0 Å². The van der Waals surface area contributed by atoms with Gasteiger partial charge in [-0.1, -0.05) is 42.2 Å². The Balaban J connectivity index is 2.00. The van der Waals surface area contributed by atoms with Crippen LogP contribution in [0.25, 0.3) is 6.08 Å². The fourth-order valence-corrected chi connectivity index (χ4v) is 3.92. The molecule has 1 aliphatic heterocycles. The van der Waals surface area contributed by atoms with Crippen LogP contribution in [-0.2, 0) is 4.79 Å². The van der Waals surface area contributed by atoms with Crippen molar-refractivity contribution < 1.29 is 19.4 Å². The summed E-state index contributed by atoms with van der Waals surface area (Å²) in [6, 6.07) is 10.9. The average Bonchev–Trinajstić information content (AvgIpc) is 2.90. The second-order valence-corrected chi connectivity index (χ2v) is 7.25. The van der Waals surface area contributed by atoms with Gasteiger partial charge in [0.05, 0.1) is 24.8 Å². The van der Waals surface area contributed by atoms with Gasteiger partial charge >= 0.3 is 0 Å². The van der Waals surface area contributed by atoms with Crippen LogP contribution in [0.2, 0.25) is 0 Å². The number of hydrogen-bond acceptors (Lipinski definition) is 6. The van der Waals surface area contributed by atoms with Gasteiger partial charge in [0.15, 0.2) is 15.8 Å². The monoisotopic (exact) mass is 387 g/mol. The molecule has 0 saturated carbocycles. The summed E-state index contributed by atoms with van der Waals surface area (Å²) in [4.78, 5) is 14.9. The molecule has 5 nitrogen and oxygen atoms in total. The molecular weight excluding hydrogens is 370 g/mol. The second kappa shape index (κ2) is 7.39. The lowest BCUT2D eigenvalue weighted by Crippen LogP contribution is -2.28. The minimum Gasteiger partial charge on any atom is -0.502 e. The normalized spacial score (nSPS) is 15.7. The van der Waals surface area contributed by atoms with Crippen LogP contribution in [-0.4, -0.2) is 29.6 Å². The zero-order valence-electron chi connectivity index (χ0n) is 14.5. The quantitative estimate of drug-likeness (QED) is 0.629. The van der Waals surface area contributed by atoms with E-state index >= 15 is 0 Å². The maximum atomic E-state index is 12.9. The molecule has 1 aliphatic rings. The number of anilines is 1. The Labute approximate surface area is 161 Å². The first kappa shape index (κ1) is 18.3. The van der Waals surface area contributed by atoms with Crippen molar-refractivity contribution in [2.45, 2.75) is 6.92 Å². The number of carbonyl (C=O) groups excluding carboxylic acids is 1. The van der Waals surface area contributed by atoms with Crippen LogP contribution in [0.5, 0.6) is 17.2 Å². The number of amides is 1. The minimum atomic E-state index is -0.180. The molecule has 1 N–H and O–H groups in total. The van der Waals surface area contributed by atoms with Crippen molar-refractivity contribution in [3.05, 3.63) is 52.4 Å². The molecule has 2 aromatic carbocycles. The largest absolute Gasteiger partial charge is 0.502 e. The lowest BCUT2D eigenvalue weighted by molar-refractivity contribution is -0.113. The zero-order valence-corrected chi connectivity index (χ0v) is 16.1. The predicted octanol–water partition coefficient (Wildman–Crippen LogP) is 4.12.